The molecule has 0 fully saturated rings. The minimum atomic E-state index is -1.01. The van der Waals surface area contributed by atoms with Crippen LogP contribution in [0.1, 0.15) is 6.92 Å². The minimum absolute atomic E-state index is 0.333. The third-order valence-corrected chi connectivity index (χ3v) is 3.04. The van der Waals surface area contributed by atoms with Crippen molar-refractivity contribution in [2.75, 3.05) is 6.61 Å². The lowest BCUT2D eigenvalue weighted by Gasteiger charge is -2.21. The van der Waals surface area contributed by atoms with Gasteiger partial charge >= 0.3 is 0 Å². The Balaban J connectivity index is 3.90. The fourth-order valence-corrected chi connectivity index (χ4v) is 1.26. The lowest BCUT2D eigenvalue weighted by molar-refractivity contribution is 0.0904. The summed E-state index contributed by atoms with van der Waals surface area (Å²) in [5.41, 5.74) is 0. The molecule has 0 saturated carbocycles. The van der Waals surface area contributed by atoms with Gasteiger partial charge in [0.2, 0.25) is 0 Å². The molecule has 2 N–H and O–H groups in total. The van der Waals surface area contributed by atoms with Crippen molar-refractivity contribution >= 4 is 34.8 Å². The van der Waals surface area contributed by atoms with Crippen LogP contribution in [0.25, 0.3) is 0 Å². The number of halogens is 3. The molecule has 2 nitrogen and oxygen atoms in total. The van der Waals surface area contributed by atoms with E-state index < -0.39 is 23.5 Å². The summed E-state index contributed by atoms with van der Waals surface area (Å²) >= 11 is 17.0. The highest BCUT2D eigenvalue weighted by molar-refractivity contribution is 6.35. The normalized spacial score (nSPS) is 22.4. The Kier molecular flexibility index (Phi) is 5.83. The monoisotopic (exact) mass is 220 g/mol. The van der Waals surface area contributed by atoms with Crippen LogP contribution in [-0.4, -0.2) is 39.1 Å². The van der Waals surface area contributed by atoms with Crippen LogP contribution < -0.4 is 0 Å². The molecule has 0 aliphatic carbocycles. The van der Waals surface area contributed by atoms with Crippen LogP contribution >= 0.6 is 34.8 Å². The van der Waals surface area contributed by atoms with E-state index in [2.05, 4.69) is 0 Å². The zero-order valence-electron chi connectivity index (χ0n) is 6.04. The topological polar surface area (TPSA) is 40.5 Å². The number of hydrogen-bond donors (Lipinski definition) is 2. The van der Waals surface area contributed by atoms with Crippen LogP contribution in [0.3, 0.4) is 0 Å². The molecule has 68 valence electrons. The molecule has 4 atom stereocenters. The van der Waals surface area contributed by atoms with Gasteiger partial charge in [0.1, 0.15) is 0 Å². The van der Waals surface area contributed by atoms with Crippen molar-refractivity contribution in [2.24, 2.45) is 0 Å². The molecule has 5 heteroatoms. The zero-order chi connectivity index (χ0) is 9.02. The summed E-state index contributed by atoms with van der Waals surface area (Å²) in [5.74, 6) is 0. The van der Waals surface area contributed by atoms with E-state index in [1.54, 1.807) is 6.92 Å². The smallest absolute Gasteiger partial charge is 0.0949 e. The van der Waals surface area contributed by atoms with Gasteiger partial charge in [-0.05, 0) is 6.92 Å². The lowest BCUT2D eigenvalue weighted by Crippen LogP contribution is -2.36. The maximum Gasteiger partial charge on any atom is 0.0949 e. The highest BCUT2D eigenvalue weighted by Gasteiger charge is 2.27. The maximum atomic E-state index is 9.02. The Hall–Kier alpha value is 0.790. The summed E-state index contributed by atoms with van der Waals surface area (Å²) in [6, 6.07) is 0. The van der Waals surface area contributed by atoms with E-state index in [9.17, 15) is 0 Å². The summed E-state index contributed by atoms with van der Waals surface area (Å²) in [4.78, 5) is 0. The van der Waals surface area contributed by atoms with Crippen LogP contribution in [0, 0.1) is 0 Å². The SMILES string of the molecule is C[C@@H](Cl)[C@H](Cl)[C@H](Cl)[C@@H](O)CO. The molecule has 0 amide bonds. The van der Waals surface area contributed by atoms with E-state index in [0.717, 1.165) is 0 Å². The third-order valence-electron chi connectivity index (χ3n) is 1.30. The van der Waals surface area contributed by atoms with E-state index in [1.807, 2.05) is 0 Å². The second-order valence-corrected chi connectivity index (χ2v) is 4.01. The van der Waals surface area contributed by atoms with E-state index in [1.165, 1.54) is 0 Å². The first-order valence-electron chi connectivity index (χ1n) is 3.21. The predicted molar refractivity (Wildman–Crippen MR) is 47.7 cm³/mol. The van der Waals surface area contributed by atoms with Crippen molar-refractivity contribution in [1.29, 1.82) is 0 Å². The van der Waals surface area contributed by atoms with Crippen molar-refractivity contribution in [1.82, 2.24) is 0 Å². The minimum Gasteiger partial charge on any atom is -0.394 e. The molecule has 0 aliphatic heterocycles. The second-order valence-electron chi connectivity index (χ2n) is 2.32. The Labute approximate surface area is 81.1 Å². The summed E-state index contributed by atoms with van der Waals surface area (Å²) in [7, 11) is 0. The summed E-state index contributed by atoms with van der Waals surface area (Å²) < 4.78 is 0. The Morgan fingerprint density at radius 1 is 1.18 bits per heavy atom. The fourth-order valence-electron chi connectivity index (χ4n) is 0.566. The van der Waals surface area contributed by atoms with Gasteiger partial charge in [-0.3, -0.25) is 0 Å². The summed E-state index contributed by atoms with van der Waals surface area (Å²) in [5, 5.41) is 15.9. The third kappa shape index (κ3) is 3.81. The number of aliphatic hydroxyl groups excluding tert-OH is 2. The quantitative estimate of drug-likeness (QED) is 0.700. The molecule has 0 saturated heterocycles. The highest BCUT2D eigenvalue weighted by atomic mass is 35.5. The van der Waals surface area contributed by atoms with Gasteiger partial charge in [0.05, 0.1) is 23.5 Å². The number of rotatable bonds is 4. The van der Waals surface area contributed by atoms with E-state index in [0.29, 0.717) is 0 Å². The van der Waals surface area contributed by atoms with Crippen LogP contribution in [0.4, 0.5) is 0 Å². The Morgan fingerprint density at radius 2 is 1.64 bits per heavy atom. The van der Waals surface area contributed by atoms with Crippen molar-refractivity contribution < 1.29 is 10.2 Å². The van der Waals surface area contributed by atoms with E-state index in [4.69, 9.17) is 45.0 Å². The molecule has 0 rings (SSSR count). The van der Waals surface area contributed by atoms with Gasteiger partial charge < -0.3 is 10.2 Å². The lowest BCUT2D eigenvalue weighted by atomic mass is 10.1. The van der Waals surface area contributed by atoms with Crippen LogP contribution in [0.5, 0.6) is 0 Å². The van der Waals surface area contributed by atoms with Crippen molar-refractivity contribution in [3.63, 3.8) is 0 Å². The molecule has 0 aromatic rings. The number of hydrogen-bond acceptors (Lipinski definition) is 2. The van der Waals surface area contributed by atoms with Crippen LogP contribution in [-0.2, 0) is 0 Å². The molecule has 0 radical (unpaired) electrons. The number of aliphatic hydroxyl groups is 2. The highest BCUT2D eigenvalue weighted by Crippen LogP contribution is 2.20. The fraction of sp³-hybridized carbons (Fsp3) is 1.00. The van der Waals surface area contributed by atoms with Crippen molar-refractivity contribution in [3.8, 4) is 0 Å². The Morgan fingerprint density at radius 3 is 1.91 bits per heavy atom. The van der Waals surface area contributed by atoms with Gasteiger partial charge in [-0.2, -0.15) is 0 Å². The number of alkyl halides is 3. The van der Waals surface area contributed by atoms with Gasteiger partial charge in [0, 0.05) is 5.38 Å². The zero-order valence-corrected chi connectivity index (χ0v) is 8.31. The van der Waals surface area contributed by atoms with Crippen molar-refractivity contribution in [2.45, 2.75) is 29.2 Å². The van der Waals surface area contributed by atoms with Gasteiger partial charge in [-0.15, -0.1) is 34.8 Å². The standard InChI is InChI=1S/C6H11Cl3O2/c1-3(7)5(8)6(9)4(11)2-10/h3-6,10-11H,2H2,1H3/t3-,4+,5+,6-/m1/s1. The molecule has 0 spiro atoms. The molecule has 0 aromatic carbocycles. The maximum absolute atomic E-state index is 9.02. The molecule has 11 heavy (non-hydrogen) atoms. The van der Waals surface area contributed by atoms with Gasteiger partial charge in [-0.1, -0.05) is 0 Å². The molecule has 0 aromatic heterocycles. The first-order chi connectivity index (χ1) is 5.00. The second kappa shape index (κ2) is 5.44. The van der Waals surface area contributed by atoms with Crippen LogP contribution in [0.15, 0.2) is 0 Å². The molecule has 0 aliphatic rings. The van der Waals surface area contributed by atoms with Crippen molar-refractivity contribution in [3.05, 3.63) is 0 Å². The average Bonchev–Trinajstić information content (AvgIpc) is 2.00. The van der Waals surface area contributed by atoms with Gasteiger partial charge in [0.15, 0.2) is 0 Å². The average molecular weight is 222 g/mol. The molecule has 0 heterocycles. The first-order valence-corrected chi connectivity index (χ1v) is 4.52. The van der Waals surface area contributed by atoms with Crippen LogP contribution in [0.2, 0.25) is 0 Å². The molecule has 0 bridgehead atoms. The molecular formula is C6H11Cl3O2. The molecular weight excluding hydrogens is 210 g/mol. The van der Waals surface area contributed by atoms with Gasteiger partial charge in [0.25, 0.3) is 0 Å². The molecule has 0 unspecified atom stereocenters. The first kappa shape index (κ1) is 11.8. The van der Waals surface area contributed by atoms with Gasteiger partial charge in [-0.25, -0.2) is 0 Å². The predicted octanol–water partition coefficient (Wildman–Crippen LogP) is 1.18. The van der Waals surface area contributed by atoms with E-state index in [-0.39, 0.29) is 5.38 Å². The largest absolute Gasteiger partial charge is 0.394 e. The summed E-state index contributed by atoms with van der Waals surface area (Å²) in [6.45, 7) is 1.28. The Bertz CT molecular complexity index is 110. The summed E-state index contributed by atoms with van der Waals surface area (Å²) in [6.07, 6.45) is -1.01. The van der Waals surface area contributed by atoms with E-state index >= 15 is 0 Å².